The third-order valence-corrected chi connectivity index (χ3v) is 4.96. The topological polar surface area (TPSA) is 46.5 Å². The second-order valence-corrected chi connectivity index (χ2v) is 7.43. The molecule has 1 heterocycles. The van der Waals surface area contributed by atoms with E-state index >= 15 is 0 Å². The lowest BCUT2D eigenvalue weighted by Crippen LogP contribution is -2.29. The fourth-order valence-electron chi connectivity index (χ4n) is 3.62. The molecule has 0 unspecified atom stereocenters. The quantitative estimate of drug-likeness (QED) is 0.709. The van der Waals surface area contributed by atoms with Crippen LogP contribution in [0.25, 0.3) is 11.1 Å². The molecule has 2 aromatic rings. The second kappa shape index (κ2) is 6.55. The van der Waals surface area contributed by atoms with Crippen LogP contribution < -0.4 is 4.74 Å². The van der Waals surface area contributed by atoms with Gasteiger partial charge in [0.25, 0.3) is 0 Å². The fraction of sp³-hybridized carbons (Fsp3) is 0.409. The Labute approximate surface area is 149 Å². The van der Waals surface area contributed by atoms with Gasteiger partial charge in [-0.15, -0.1) is 0 Å². The molecule has 0 amide bonds. The zero-order valence-corrected chi connectivity index (χ0v) is 15.5. The molecule has 0 aromatic heterocycles. The van der Waals surface area contributed by atoms with Gasteiger partial charge in [0, 0.05) is 11.1 Å². The molecule has 3 heteroatoms. The molecule has 0 fully saturated rings. The van der Waals surface area contributed by atoms with E-state index in [2.05, 4.69) is 45.9 Å². The molecule has 0 saturated heterocycles. The van der Waals surface area contributed by atoms with E-state index in [1.807, 2.05) is 6.07 Å². The summed E-state index contributed by atoms with van der Waals surface area (Å²) in [6, 6.07) is 10.0. The lowest BCUT2D eigenvalue weighted by molar-refractivity contribution is 0.0695. The van der Waals surface area contributed by atoms with Gasteiger partial charge in [0.15, 0.2) is 0 Å². The molecule has 1 aliphatic rings. The molecule has 1 N–H and O–H groups in total. The highest BCUT2D eigenvalue weighted by Crippen LogP contribution is 2.46. The molecular formula is C22H26O3. The van der Waals surface area contributed by atoms with Crippen molar-refractivity contribution in [1.82, 2.24) is 0 Å². The molecule has 0 saturated carbocycles. The summed E-state index contributed by atoms with van der Waals surface area (Å²) in [7, 11) is 0. The first-order valence-electron chi connectivity index (χ1n) is 9.04. The Balaban J connectivity index is 2.16. The summed E-state index contributed by atoms with van der Waals surface area (Å²) in [5, 5.41) is 9.69. The number of ether oxygens (including phenoxy) is 1. The Morgan fingerprint density at radius 1 is 1.12 bits per heavy atom. The highest BCUT2D eigenvalue weighted by Gasteiger charge is 2.33. The Morgan fingerprint density at radius 3 is 2.56 bits per heavy atom. The van der Waals surface area contributed by atoms with Gasteiger partial charge in [0.05, 0.1) is 5.56 Å². The summed E-state index contributed by atoms with van der Waals surface area (Å²) in [4.78, 5) is 11.8. The number of hydrogen-bond acceptors (Lipinski definition) is 2. The molecule has 0 bridgehead atoms. The van der Waals surface area contributed by atoms with Gasteiger partial charge in [-0.3, -0.25) is 0 Å². The first-order valence-corrected chi connectivity index (χ1v) is 9.04. The zero-order valence-electron chi connectivity index (χ0n) is 15.5. The molecule has 3 rings (SSSR count). The minimum Gasteiger partial charge on any atom is -0.482 e. The minimum atomic E-state index is -0.867. The van der Waals surface area contributed by atoms with Crippen molar-refractivity contribution in [2.24, 2.45) is 0 Å². The van der Waals surface area contributed by atoms with Crippen molar-refractivity contribution in [3.63, 3.8) is 0 Å². The third-order valence-electron chi connectivity index (χ3n) is 4.96. The number of benzene rings is 2. The normalized spacial score (nSPS) is 14.4. The maximum Gasteiger partial charge on any atom is 0.335 e. The van der Waals surface area contributed by atoms with E-state index in [0.717, 1.165) is 59.3 Å². The summed E-state index contributed by atoms with van der Waals surface area (Å²) in [5.41, 5.74) is 5.05. The summed E-state index contributed by atoms with van der Waals surface area (Å²) < 4.78 is 6.27. The standard InChI is InChI=1S/C22H26O3/c1-5-6-7-8-15-12-20-18(13-16(15)21(23)24)17-11-14(2)9-10-19(17)22(3,4)25-20/h9-13H,5-8H2,1-4H3,(H,23,24). The number of aromatic carboxylic acids is 1. The molecular weight excluding hydrogens is 312 g/mol. The van der Waals surface area contributed by atoms with Gasteiger partial charge >= 0.3 is 5.97 Å². The number of carboxylic acid groups (broad SMARTS) is 1. The van der Waals surface area contributed by atoms with Gasteiger partial charge in [-0.2, -0.15) is 0 Å². The number of hydrogen-bond donors (Lipinski definition) is 1. The summed E-state index contributed by atoms with van der Waals surface area (Å²) in [6.45, 7) is 8.33. The summed E-state index contributed by atoms with van der Waals surface area (Å²) in [5.74, 6) is -0.0760. The smallest absolute Gasteiger partial charge is 0.335 e. The van der Waals surface area contributed by atoms with Crippen molar-refractivity contribution in [3.05, 3.63) is 52.6 Å². The average molecular weight is 338 g/mol. The van der Waals surface area contributed by atoms with Crippen LogP contribution in [-0.2, 0) is 12.0 Å². The van der Waals surface area contributed by atoms with E-state index in [0.29, 0.717) is 5.56 Å². The number of carbonyl (C=O) groups is 1. The van der Waals surface area contributed by atoms with Crippen LogP contribution >= 0.6 is 0 Å². The average Bonchev–Trinajstić information content (AvgIpc) is 2.53. The molecule has 132 valence electrons. The Kier molecular flexibility index (Phi) is 4.59. The number of fused-ring (bicyclic) bond motifs is 3. The number of unbranched alkanes of at least 4 members (excludes halogenated alkanes) is 2. The Bertz CT molecular complexity index is 818. The molecule has 2 aromatic carbocycles. The van der Waals surface area contributed by atoms with Crippen molar-refractivity contribution in [1.29, 1.82) is 0 Å². The van der Waals surface area contributed by atoms with Crippen LogP contribution in [0.5, 0.6) is 5.75 Å². The first kappa shape index (κ1) is 17.5. The van der Waals surface area contributed by atoms with Crippen LogP contribution in [0.2, 0.25) is 0 Å². The van der Waals surface area contributed by atoms with Crippen molar-refractivity contribution < 1.29 is 14.6 Å². The molecule has 25 heavy (non-hydrogen) atoms. The second-order valence-electron chi connectivity index (χ2n) is 7.43. The van der Waals surface area contributed by atoms with Gasteiger partial charge in [-0.05, 0) is 56.9 Å². The maximum absolute atomic E-state index is 11.8. The van der Waals surface area contributed by atoms with E-state index < -0.39 is 11.6 Å². The van der Waals surface area contributed by atoms with Crippen LogP contribution in [0.4, 0.5) is 0 Å². The van der Waals surface area contributed by atoms with E-state index in [1.54, 1.807) is 6.07 Å². The SMILES string of the molecule is CCCCCc1cc2c(cc1C(=O)O)-c1cc(C)ccc1C(C)(C)O2. The number of aryl methyl sites for hydroxylation is 2. The van der Waals surface area contributed by atoms with Gasteiger partial charge < -0.3 is 9.84 Å². The Morgan fingerprint density at radius 2 is 1.88 bits per heavy atom. The third kappa shape index (κ3) is 3.28. The van der Waals surface area contributed by atoms with E-state index in [4.69, 9.17) is 4.74 Å². The van der Waals surface area contributed by atoms with Gasteiger partial charge in [-0.1, -0.05) is 43.5 Å². The minimum absolute atomic E-state index is 0.394. The van der Waals surface area contributed by atoms with Crippen molar-refractivity contribution in [3.8, 4) is 16.9 Å². The molecule has 0 atom stereocenters. The van der Waals surface area contributed by atoms with Gasteiger partial charge in [-0.25, -0.2) is 4.79 Å². The molecule has 0 spiro atoms. The monoisotopic (exact) mass is 338 g/mol. The Hall–Kier alpha value is -2.29. The van der Waals surface area contributed by atoms with Crippen molar-refractivity contribution in [2.75, 3.05) is 0 Å². The molecule has 1 aliphatic heterocycles. The number of rotatable bonds is 5. The summed E-state index contributed by atoms with van der Waals surface area (Å²) >= 11 is 0. The van der Waals surface area contributed by atoms with E-state index in [9.17, 15) is 9.90 Å². The zero-order chi connectivity index (χ0) is 18.2. The van der Waals surface area contributed by atoms with Gasteiger partial charge in [0.1, 0.15) is 11.4 Å². The molecule has 0 radical (unpaired) electrons. The van der Waals surface area contributed by atoms with E-state index in [-0.39, 0.29) is 0 Å². The van der Waals surface area contributed by atoms with Crippen molar-refractivity contribution in [2.45, 2.75) is 59.0 Å². The van der Waals surface area contributed by atoms with Crippen LogP contribution in [0.15, 0.2) is 30.3 Å². The highest BCUT2D eigenvalue weighted by atomic mass is 16.5. The van der Waals surface area contributed by atoms with Crippen LogP contribution in [-0.4, -0.2) is 11.1 Å². The van der Waals surface area contributed by atoms with Crippen LogP contribution in [0.1, 0.15) is 67.1 Å². The van der Waals surface area contributed by atoms with Crippen LogP contribution in [0.3, 0.4) is 0 Å². The lowest BCUT2D eigenvalue weighted by atomic mass is 9.83. The fourth-order valence-corrected chi connectivity index (χ4v) is 3.62. The molecule has 0 aliphatic carbocycles. The lowest BCUT2D eigenvalue weighted by Gasteiger charge is -2.35. The number of carboxylic acids is 1. The largest absolute Gasteiger partial charge is 0.482 e. The van der Waals surface area contributed by atoms with Crippen LogP contribution in [0, 0.1) is 6.92 Å². The predicted molar refractivity (Wildman–Crippen MR) is 100 cm³/mol. The maximum atomic E-state index is 11.8. The first-order chi connectivity index (χ1) is 11.8. The summed E-state index contributed by atoms with van der Waals surface area (Å²) in [6.07, 6.45) is 3.98. The van der Waals surface area contributed by atoms with E-state index in [1.165, 1.54) is 0 Å². The predicted octanol–water partition coefficient (Wildman–Crippen LogP) is 5.72. The highest BCUT2D eigenvalue weighted by molar-refractivity contribution is 5.93. The van der Waals surface area contributed by atoms with Gasteiger partial charge in [0.2, 0.25) is 0 Å². The molecule has 3 nitrogen and oxygen atoms in total. The van der Waals surface area contributed by atoms with Crippen molar-refractivity contribution >= 4 is 5.97 Å².